The summed E-state index contributed by atoms with van der Waals surface area (Å²) in [4.78, 5) is 4.77. The third-order valence-corrected chi connectivity index (χ3v) is 3.96. The minimum absolute atomic E-state index is 0.223. The van der Waals surface area contributed by atoms with Gasteiger partial charge >= 0.3 is 0 Å². The van der Waals surface area contributed by atoms with Gasteiger partial charge in [-0.15, -0.1) is 0 Å². The summed E-state index contributed by atoms with van der Waals surface area (Å²) in [5, 5.41) is 3.01. The van der Waals surface area contributed by atoms with Gasteiger partial charge in [-0.25, -0.2) is 4.39 Å². The first-order valence-corrected chi connectivity index (χ1v) is 7.32. The molecule has 0 aliphatic heterocycles. The molecule has 1 aromatic heterocycles. The van der Waals surface area contributed by atoms with E-state index in [0.717, 1.165) is 27.4 Å². The molecule has 22 heavy (non-hydrogen) atoms. The van der Waals surface area contributed by atoms with E-state index in [4.69, 9.17) is 4.98 Å². The number of hydrogen-bond acceptors (Lipinski definition) is 1. The lowest BCUT2D eigenvalue weighted by Crippen LogP contribution is -1.96. The maximum Gasteiger partial charge on any atom is 0.123 e. The highest BCUT2D eigenvalue weighted by Gasteiger charge is 2.09. The third-order valence-electron chi connectivity index (χ3n) is 3.96. The molecule has 0 bridgehead atoms. The molecule has 0 amide bonds. The first-order chi connectivity index (χ1) is 10.8. The molecule has 0 saturated carbocycles. The highest BCUT2D eigenvalue weighted by molar-refractivity contribution is 6.06. The Morgan fingerprint density at radius 3 is 2.36 bits per heavy atom. The van der Waals surface area contributed by atoms with Crippen molar-refractivity contribution in [1.29, 1.82) is 0 Å². The quantitative estimate of drug-likeness (QED) is 0.466. The normalized spacial score (nSPS) is 11.1. The van der Waals surface area contributed by atoms with E-state index in [1.54, 1.807) is 6.07 Å². The van der Waals surface area contributed by atoms with Crippen LogP contribution in [0.5, 0.6) is 0 Å². The van der Waals surface area contributed by atoms with E-state index in [9.17, 15) is 4.39 Å². The summed E-state index contributed by atoms with van der Waals surface area (Å²) in [6, 6.07) is 23.1. The van der Waals surface area contributed by atoms with Crippen molar-refractivity contribution in [2.75, 3.05) is 0 Å². The van der Waals surface area contributed by atoms with Gasteiger partial charge in [0.05, 0.1) is 11.2 Å². The Hall–Kier alpha value is -2.74. The number of halogens is 1. The Balaban J connectivity index is 2.00. The Kier molecular flexibility index (Phi) is 3.08. The van der Waals surface area contributed by atoms with Crippen LogP contribution in [0.2, 0.25) is 0 Å². The number of pyridine rings is 1. The summed E-state index contributed by atoms with van der Waals surface area (Å²) in [6.07, 6.45) is 0.700. The highest BCUT2D eigenvalue weighted by Crippen LogP contribution is 2.28. The van der Waals surface area contributed by atoms with E-state index < -0.39 is 0 Å². The van der Waals surface area contributed by atoms with Crippen LogP contribution in [0, 0.1) is 5.82 Å². The van der Waals surface area contributed by atoms with Gasteiger partial charge in [-0.1, -0.05) is 54.6 Å². The monoisotopic (exact) mass is 287 g/mol. The minimum Gasteiger partial charge on any atom is -0.252 e. The van der Waals surface area contributed by atoms with Gasteiger partial charge in [-0.2, -0.15) is 0 Å². The van der Waals surface area contributed by atoms with Crippen molar-refractivity contribution in [3.63, 3.8) is 0 Å². The lowest BCUT2D eigenvalue weighted by atomic mass is 10.00. The average Bonchev–Trinajstić information content (AvgIpc) is 2.56. The van der Waals surface area contributed by atoms with Crippen molar-refractivity contribution in [3.8, 4) is 0 Å². The Morgan fingerprint density at radius 2 is 1.50 bits per heavy atom. The van der Waals surface area contributed by atoms with Crippen LogP contribution < -0.4 is 0 Å². The molecule has 0 spiro atoms. The van der Waals surface area contributed by atoms with Crippen LogP contribution in [-0.4, -0.2) is 4.98 Å². The van der Waals surface area contributed by atoms with E-state index in [2.05, 4.69) is 12.1 Å². The fraction of sp³-hybridized carbons (Fsp3) is 0.0500. The molecular formula is C20H14FN. The van der Waals surface area contributed by atoms with Crippen LogP contribution in [0.3, 0.4) is 0 Å². The molecule has 3 aromatic carbocycles. The summed E-state index contributed by atoms with van der Waals surface area (Å²) < 4.78 is 13.7. The van der Waals surface area contributed by atoms with E-state index in [0.29, 0.717) is 6.42 Å². The zero-order chi connectivity index (χ0) is 14.9. The van der Waals surface area contributed by atoms with Gasteiger partial charge in [-0.05, 0) is 29.1 Å². The largest absolute Gasteiger partial charge is 0.252 e. The van der Waals surface area contributed by atoms with E-state index in [1.165, 1.54) is 11.6 Å². The predicted molar refractivity (Wildman–Crippen MR) is 88.5 cm³/mol. The summed E-state index contributed by atoms with van der Waals surface area (Å²) in [5.41, 5.74) is 3.04. The molecule has 1 nitrogen and oxygen atoms in total. The summed E-state index contributed by atoms with van der Waals surface area (Å²) in [6.45, 7) is 0. The van der Waals surface area contributed by atoms with Crippen LogP contribution in [0.15, 0.2) is 72.8 Å². The molecule has 1 heterocycles. The number of benzene rings is 3. The van der Waals surface area contributed by atoms with E-state index in [1.807, 2.05) is 48.5 Å². The molecular weight excluding hydrogens is 273 g/mol. The highest BCUT2D eigenvalue weighted by atomic mass is 19.1. The van der Waals surface area contributed by atoms with Crippen LogP contribution >= 0.6 is 0 Å². The number of para-hydroxylation sites is 1. The van der Waals surface area contributed by atoms with Gasteiger partial charge in [0.2, 0.25) is 0 Å². The lowest BCUT2D eigenvalue weighted by molar-refractivity contribution is 0.629. The first kappa shape index (κ1) is 13.0. The van der Waals surface area contributed by atoms with Crippen LogP contribution in [0.4, 0.5) is 4.39 Å². The van der Waals surface area contributed by atoms with Gasteiger partial charge in [0.25, 0.3) is 0 Å². The summed E-state index contributed by atoms with van der Waals surface area (Å²) in [7, 11) is 0. The number of nitrogens with zero attached hydrogens (tertiary/aromatic N) is 1. The average molecular weight is 287 g/mol. The molecule has 4 aromatic rings. The molecule has 0 saturated heterocycles. The molecule has 0 N–H and O–H groups in total. The molecule has 0 fully saturated rings. The van der Waals surface area contributed by atoms with Crippen LogP contribution in [0.1, 0.15) is 11.3 Å². The molecule has 0 unspecified atom stereocenters. The van der Waals surface area contributed by atoms with Gasteiger partial charge in [0, 0.05) is 17.2 Å². The van der Waals surface area contributed by atoms with Gasteiger partial charge in [0.15, 0.2) is 0 Å². The van der Waals surface area contributed by atoms with Gasteiger partial charge < -0.3 is 0 Å². The van der Waals surface area contributed by atoms with E-state index >= 15 is 0 Å². The topological polar surface area (TPSA) is 12.9 Å². The Morgan fingerprint density at radius 1 is 0.727 bits per heavy atom. The van der Waals surface area contributed by atoms with Crippen molar-refractivity contribution in [2.45, 2.75) is 6.42 Å². The Bertz CT molecular complexity index is 961. The van der Waals surface area contributed by atoms with Crippen molar-refractivity contribution < 1.29 is 4.39 Å². The maximum atomic E-state index is 13.7. The third kappa shape index (κ3) is 2.23. The SMILES string of the molecule is Fc1ccc2c(c1)c(Cc1ccccc1)nc1ccccc12. The van der Waals surface area contributed by atoms with Crippen molar-refractivity contribution >= 4 is 21.7 Å². The smallest absolute Gasteiger partial charge is 0.123 e. The van der Waals surface area contributed by atoms with Crippen molar-refractivity contribution in [3.05, 3.63) is 89.9 Å². The zero-order valence-electron chi connectivity index (χ0n) is 12.0. The second kappa shape index (κ2) is 5.23. The standard InChI is InChI=1S/C20H14FN/c21-15-10-11-16-17-8-4-5-9-19(17)22-20(18(16)13-15)12-14-6-2-1-3-7-14/h1-11,13H,12H2. The van der Waals surface area contributed by atoms with Gasteiger partial charge in [-0.3, -0.25) is 4.98 Å². The maximum absolute atomic E-state index is 13.7. The molecule has 4 rings (SSSR count). The number of aromatic nitrogens is 1. The van der Waals surface area contributed by atoms with Crippen LogP contribution in [-0.2, 0) is 6.42 Å². The number of rotatable bonds is 2. The van der Waals surface area contributed by atoms with E-state index in [-0.39, 0.29) is 5.82 Å². The lowest BCUT2D eigenvalue weighted by Gasteiger charge is -2.10. The second-order valence-electron chi connectivity index (χ2n) is 5.43. The molecule has 2 heteroatoms. The minimum atomic E-state index is -0.223. The second-order valence-corrected chi connectivity index (χ2v) is 5.43. The molecule has 0 radical (unpaired) electrons. The molecule has 0 aliphatic rings. The van der Waals surface area contributed by atoms with Gasteiger partial charge in [0.1, 0.15) is 5.82 Å². The Labute approximate surface area is 128 Å². The summed E-state index contributed by atoms with van der Waals surface area (Å²) in [5.74, 6) is -0.223. The number of hydrogen-bond donors (Lipinski definition) is 0. The molecule has 0 atom stereocenters. The molecule has 106 valence electrons. The van der Waals surface area contributed by atoms with Crippen LogP contribution in [0.25, 0.3) is 21.7 Å². The number of fused-ring (bicyclic) bond motifs is 3. The summed E-state index contributed by atoms with van der Waals surface area (Å²) >= 11 is 0. The van der Waals surface area contributed by atoms with Crippen molar-refractivity contribution in [2.24, 2.45) is 0 Å². The fourth-order valence-electron chi connectivity index (χ4n) is 2.92. The first-order valence-electron chi connectivity index (χ1n) is 7.32. The predicted octanol–water partition coefficient (Wildman–Crippen LogP) is 5.12. The zero-order valence-corrected chi connectivity index (χ0v) is 12.0. The van der Waals surface area contributed by atoms with Crippen molar-refractivity contribution in [1.82, 2.24) is 4.98 Å². The molecule has 0 aliphatic carbocycles. The fourth-order valence-corrected chi connectivity index (χ4v) is 2.92.